The van der Waals surface area contributed by atoms with Gasteiger partial charge in [0.05, 0.1) is 5.69 Å². The first-order chi connectivity index (χ1) is 15.6. The minimum atomic E-state index is -0.447. The molecule has 0 saturated heterocycles. The van der Waals surface area contributed by atoms with Crippen LogP contribution in [0.5, 0.6) is 0 Å². The maximum Gasteiger partial charge on any atom is 0.248 e. The summed E-state index contributed by atoms with van der Waals surface area (Å²) < 4.78 is 0. The molecule has 1 heterocycles. The molecule has 0 aliphatic carbocycles. The fourth-order valence-corrected chi connectivity index (χ4v) is 3.52. The van der Waals surface area contributed by atoms with E-state index >= 15 is 0 Å². The predicted molar refractivity (Wildman–Crippen MR) is 128 cm³/mol. The van der Waals surface area contributed by atoms with Gasteiger partial charge in [-0.05, 0) is 59.6 Å². The Balaban J connectivity index is 1.47. The highest BCUT2D eigenvalue weighted by atomic mass is 16.1. The van der Waals surface area contributed by atoms with Crippen LogP contribution in [0.15, 0.2) is 85.1 Å². The van der Waals surface area contributed by atoms with Crippen molar-refractivity contribution in [2.75, 3.05) is 12.4 Å². The van der Waals surface area contributed by atoms with E-state index in [1.165, 1.54) is 16.7 Å². The summed E-state index contributed by atoms with van der Waals surface area (Å²) in [6.07, 6.45) is 1.72. The molecule has 0 unspecified atom stereocenters. The van der Waals surface area contributed by atoms with Crippen molar-refractivity contribution >= 4 is 11.9 Å². The van der Waals surface area contributed by atoms with Crippen molar-refractivity contribution in [1.82, 2.24) is 15.3 Å². The highest BCUT2D eigenvalue weighted by molar-refractivity contribution is 5.93. The zero-order valence-corrected chi connectivity index (χ0v) is 17.9. The molecule has 0 fully saturated rings. The normalized spacial score (nSPS) is 10.7. The Kier molecular flexibility index (Phi) is 6.53. The number of nitrogens with two attached hydrogens (primary N) is 1. The molecule has 0 saturated carbocycles. The molecule has 0 aliphatic rings. The maximum atomic E-state index is 11.3. The third-order valence-corrected chi connectivity index (χ3v) is 5.14. The summed E-state index contributed by atoms with van der Waals surface area (Å²) >= 11 is 0. The number of hydrogen-bond acceptors (Lipinski definition) is 5. The monoisotopic (exact) mass is 423 g/mol. The smallest absolute Gasteiger partial charge is 0.248 e. The highest BCUT2D eigenvalue weighted by Gasteiger charge is 2.06. The first-order valence-electron chi connectivity index (χ1n) is 10.4. The van der Waals surface area contributed by atoms with Crippen molar-refractivity contribution in [2.45, 2.75) is 13.1 Å². The Hall–Kier alpha value is -4.03. The number of hydrogen-bond donors (Lipinski definition) is 3. The number of amides is 1. The molecule has 0 aliphatic heterocycles. The van der Waals surface area contributed by atoms with Crippen molar-refractivity contribution in [3.8, 4) is 22.4 Å². The second-order valence-corrected chi connectivity index (χ2v) is 7.49. The van der Waals surface area contributed by atoms with Gasteiger partial charge in [-0.15, -0.1) is 0 Å². The van der Waals surface area contributed by atoms with Gasteiger partial charge >= 0.3 is 0 Å². The molecule has 0 bridgehead atoms. The molecule has 3 aromatic carbocycles. The molecule has 1 amide bonds. The van der Waals surface area contributed by atoms with Gasteiger partial charge in [-0.3, -0.25) is 4.79 Å². The number of benzene rings is 3. The molecule has 6 heteroatoms. The summed E-state index contributed by atoms with van der Waals surface area (Å²) in [4.78, 5) is 20.2. The van der Waals surface area contributed by atoms with Crippen molar-refractivity contribution in [3.63, 3.8) is 0 Å². The lowest BCUT2D eigenvalue weighted by Crippen LogP contribution is -2.10. The van der Waals surface area contributed by atoms with E-state index in [2.05, 4.69) is 69.1 Å². The van der Waals surface area contributed by atoms with Gasteiger partial charge < -0.3 is 16.4 Å². The summed E-state index contributed by atoms with van der Waals surface area (Å²) in [6, 6.07) is 25.9. The summed E-state index contributed by atoms with van der Waals surface area (Å²) in [7, 11) is 1.95. The maximum absolute atomic E-state index is 11.3. The summed E-state index contributed by atoms with van der Waals surface area (Å²) in [6.45, 7) is 1.45. The van der Waals surface area contributed by atoms with Crippen molar-refractivity contribution < 1.29 is 4.79 Å². The van der Waals surface area contributed by atoms with E-state index in [4.69, 9.17) is 5.73 Å². The first kappa shape index (κ1) is 21.2. The van der Waals surface area contributed by atoms with Crippen LogP contribution >= 0.6 is 0 Å². The molecule has 4 aromatic rings. The Bertz CT molecular complexity index is 1220. The third-order valence-electron chi connectivity index (χ3n) is 5.14. The standard InChI is InChI=1S/C26H25N5O/c1-28-16-18-4-2-6-22(14-18)23-7-3-5-19(15-23)17-30-26-29-13-12-24(31-26)20-8-10-21(11-9-20)25(27)32/h2-15,28H,16-17H2,1H3,(H2,27,32)(H,29,30,31). The lowest BCUT2D eigenvalue weighted by molar-refractivity contribution is 0.100. The number of carbonyl (C=O) groups excluding carboxylic acids is 1. The van der Waals surface area contributed by atoms with Crippen molar-refractivity contribution in [1.29, 1.82) is 0 Å². The van der Waals surface area contributed by atoms with Gasteiger partial charge in [0.25, 0.3) is 0 Å². The average molecular weight is 424 g/mol. The Morgan fingerprint density at radius 2 is 1.50 bits per heavy atom. The molecule has 0 atom stereocenters. The van der Waals surface area contributed by atoms with Crippen molar-refractivity contribution in [3.05, 3.63) is 102 Å². The van der Waals surface area contributed by atoms with Crippen LogP contribution in [0.3, 0.4) is 0 Å². The van der Waals surface area contributed by atoms with E-state index in [0.29, 0.717) is 18.1 Å². The molecular weight excluding hydrogens is 398 g/mol. The van der Waals surface area contributed by atoms with Crippen LogP contribution in [0.1, 0.15) is 21.5 Å². The van der Waals surface area contributed by atoms with E-state index in [0.717, 1.165) is 23.4 Å². The largest absolute Gasteiger partial charge is 0.366 e. The number of rotatable bonds is 8. The van der Waals surface area contributed by atoms with Gasteiger partial charge in [0, 0.05) is 30.4 Å². The van der Waals surface area contributed by atoms with E-state index in [1.54, 1.807) is 18.3 Å². The van der Waals surface area contributed by atoms with E-state index in [-0.39, 0.29) is 0 Å². The van der Waals surface area contributed by atoms with Gasteiger partial charge in [0.15, 0.2) is 0 Å². The highest BCUT2D eigenvalue weighted by Crippen LogP contribution is 2.23. The van der Waals surface area contributed by atoms with Gasteiger partial charge in [0.1, 0.15) is 0 Å². The second kappa shape index (κ2) is 9.85. The number of aromatic nitrogens is 2. The SMILES string of the molecule is CNCc1cccc(-c2cccc(CNc3nccc(-c4ccc(C(N)=O)cc4)n3)c2)c1. The zero-order chi connectivity index (χ0) is 22.3. The van der Waals surface area contributed by atoms with Crippen molar-refractivity contribution in [2.24, 2.45) is 5.73 Å². The quantitative estimate of drug-likeness (QED) is 0.394. The van der Waals surface area contributed by atoms with E-state index in [1.807, 2.05) is 25.2 Å². The van der Waals surface area contributed by atoms with Crippen LogP contribution in [0.4, 0.5) is 5.95 Å². The molecule has 0 radical (unpaired) electrons. The molecule has 6 nitrogen and oxygen atoms in total. The minimum Gasteiger partial charge on any atom is -0.366 e. The number of primary amides is 1. The zero-order valence-electron chi connectivity index (χ0n) is 17.9. The number of anilines is 1. The Morgan fingerprint density at radius 3 is 2.12 bits per heavy atom. The predicted octanol–water partition coefficient (Wildman–Crippen LogP) is 4.24. The molecule has 160 valence electrons. The Labute approximate surface area is 187 Å². The third kappa shape index (κ3) is 5.17. The number of nitrogens with one attached hydrogen (secondary N) is 2. The molecule has 1 aromatic heterocycles. The fourth-order valence-electron chi connectivity index (χ4n) is 3.52. The fraction of sp³-hybridized carbons (Fsp3) is 0.115. The lowest BCUT2D eigenvalue weighted by atomic mass is 10.0. The summed E-state index contributed by atoms with van der Waals surface area (Å²) in [5.74, 6) is 0.0977. The second-order valence-electron chi connectivity index (χ2n) is 7.49. The van der Waals surface area contributed by atoms with Crippen LogP contribution in [0, 0.1) is 0 Å². The van der Waals surface area contributed by atoms with Crippen LogP contribution in [0.2, 0.25) is 0 Å². The van der Waals surface area contributed by atoms with Gasteiger partial charge in [-0.25, -0.2) is 9.97 Å². The van der Waals surface area contributed by atoms with Gasteiger partial charge in [-0.1, -0.05) is 48.5 Å². The molecular formula is C26H25N5O. The molecule has 32 heavy (non-hydrogen) atoms. The molecule has 4 N–H and O–H groups in total. The first-order valence-corrected chi connectivity index (χ1v) is 10.4. The van der Waals surface area contributed by atoms with E-state index in [9.17, 15) is 4.79 Å². The molecule has 0 spiro atoms. The summed E-state index contributed by atoms with van der Waals surface area (Å²) in [5.41, 5.74) is 12.2. The lowest BCUT2D eigenvalue weighted by Gasteiger charge is -2.10. The van der Waals surface area contributed by atoms with Gasteiger partial charge in [0.2, 0.25) is 11.9 Å². The number of nitrogens with zero attached hydrogens (tertiary/aromatic N) is 2. The van der Waals surface area contributed by atoms with Gasteiger partial charge in [-0.2, -0.15) is 0 Å². The van der Waals surface area contributed by atoms with Crippen LogP contribution in [-0.2, 0) is 13.1 Å². The van der Waals surface area contributed by atoms with Crippen LogP contribution in [-0.4, -0.2) is 22.9 Å². The number of carbonyl (C=O) groups is 1. The Morgan fingerprint density at radius 1 is 0.844 bits per heavy atom. The topological polar surface area (TPSA) is 92.9 Å². The van der Waals surface area contributed by atoms with Crippen LogP contribution in [0.25, 0.3) is 22.4 Å². The average Bonchev–Trinajstić information content (AvgIpc) is 2.84. The minimum absolute atomic E-state index is 0.447. The summed E-state index contributed by atoms with van der Waals surface area (Å²) in [5, 5.41) is 6.50. The van der Waals surface area contributed by atoms with Crippen LogP contribution < -0.4 is 16.4 Å². The van der Waals surface area contributed by atoms with E-state index < -0.39 is 5.91 Å². The molecule has 4 rings (SSSR count).